The molecule has 0 aliphatic carbocycles. The van der Waals surface area contributed by atoms with Gasteiger partial charge in [-0.25, -0.2) is 4.98 Å². The lowest BCUT2D eigenvalue weighted by molar-refractivity contribution is -0.135. The van der Waals surface area contributed by atoms with E-state index in [2.05, 4.69) is 15.5 Å². The third-order valence-corrected chi connectivity index (χ3v) is 4.74. The number of aromatic nitrogens is 1. The number of amides is 1. The molecule has 1 N–H and O–H groups in total. The van der Waals surface area contributed by atoms with Crippen molar-refractivity contribution in [3.05, 3.63) is 33.5 Å². The fraction of sp³-hybridized carbons (Fsp3) is 0.308. The number of hydrogen-bond acceptors (Lipinski definition) is 6. The summed E-state index contributed by atoms with van der Waals surface area (Å²) in [4.78, 5) is 23.9. The van der Waals surface area contributed by atoms with Crippen molar-refractivity contribution in [3.8, 4) is 0 Å². The zero-order chi connectivity index (χ0) is 14.2. The van der Waals surface area contributed by atoms with E-state index in [1.807, 2.05) is 24.4 Å². The van der Waals surface area contributed by atoms with Crippen LogP contribution in [0.15, 0.2) is 28.9 Å². The molecule has 20 heavy (non-hydrogen) atoms. The quantitative estimate of drug-likeness (QED) is 0.948. The molecule has 0 spiro atoms. The summed E-state index contributed by atoms with van der Waals surface area (Å²) in [5.41, 5.74) is -0.160. The maximum absolute atomic E-state index is 12.3. The van der Waals surface area contributed by atoms with Crippen LogP contribution in [0, 0.1) is 6.92 Å². The number of carbonyl (C=O) groups is 1. The largest absolute Gasteiger partial charge is 0.379 e. The standard InChI is InChI=1S/C13H13N3O2S2/c1-8-7-14-12(20-8)15-11(17)13(2)6-9(16-18-13)10-4-3-5-19-10/h3-5,7H,6H2,1-2H3,(H,14,15,17)/t13-/m1/s1. The maximum atomic E-state index is 12.3. The molecule has 0 radical (unpaired) electrons. The second-order valence-corrected chi connectivity index (χ2v) is 6.93. The van der Waals surface area contributed by atoms with Crippen molar-refractivity contribution in [1.29, 1.82) is 0 Å². The van der Waals surface area contributed by atoms with Crippen molar-refractivity contribution in [1.82, 2.24) is 4.98 Å². The molecular formula is C13H13N3O2S2. The predicted octanol–water partition coefficient (Wildman–Crippen LogP) is 3.03. The highest BCUT2D eigenvalue weighted by atomic mass is 32.1. The predicted molar refractivity (Wildman–Crippen MR) is 80.4 cm³/mol. The number of anilines is 1. The summed E-state index contributed by atoms with van der Waals surface area (Å²) in [6.07, 6.45) is 2.19. The topological polar surface area (TPSA) is 63.6 Å². The van der Waals surface area contributed by atoms with E-state index in [0.717, 1.165) is 15.5 Å². The Bertz CT molecular complexity index is 663. The van der Waals surface area contributed by atoms with Gasteiger partial charge in [-0.3, -0.25) is 10.1 Å². The first-order chi connectivity index (χ1) is 9.57. The minimum Gasteiger partial charge on any atom is -0.379 e. The second kappa shape index (κ2) is 4.99. The van der Waals surface area contributed by atoms with Crippen LogP contribution in [-0.2, 0) is 9.63 Å². The molecule has 1 amide bonds. The summed E-state index contributed by atoms with van der Waals surface area (Å²) in [7, 11) is 0. The smallest absolute Gasteiger partial charge is 0.273 e. The molecule has 3 heterocycles. The first kappa shape index (κ1) is 13.3. The fourth-order valence-electron chi connectivity index (χ4n) is 1.88. The fourth-order valence-corrected chi connectivity index (χ4v) is 3.24. The van der Waals surface area contributed by atoms with Gasteiger partial charge in [0.05, 0.1) is 4.88 Å². The highest BCUT2D eigenvalue weighted by Crippen LogP contribution is 2.30. The summed E-state index contributed by atoms with van der Waals surface area (Å²) in [5.74, 6) is -0.220. The molecule has 0 saturated carbocycles. The van der Waals surface area contributed by atoms with Gasteiger partial charge in [0.15, 0.2) is 5.13 Å². The lowest BCUT2D eigenvalue weighted by atomic mass is 9.98. The first-order valence-corrected chi connectivity index (χ1v) is 7.79. The Hall–Kier alpha value is -1.73. The molecule has 5 nitrogen and oxygen atoms in total. The average molecular weight is 307 g/mol. The van der Waals surface area contributed by atoms with Gasteiger partial charge in [-0.1, -0.05) is 11.2 Å². The Kier molecular flexibility index (Phi) is 3.31. The van der Waals surface area contributed by atoms with Gasteiger partial charge in [0.2, 0.25) is 5.60 Å². The van der Waals surface area contributed by atoms with Gasteiger partial charge in [-0.15, -0.1) is 22.7 Å². The van der Waals surface area contributed by atoms with E-state index in [-0.39, 0.29) is 5.91 Å². The van der Waals surface area contributed by atoms with Crippen LogP contribution in [0.2, 0.25) is 0 Å². The normalized spacial score (nSPS) is 21.4. The average Bonchev–Trinajstić information content (AvgIpc) is 3.10. The third kappa shape index (κ3) is 2.46. The van der Waals surface area contributed by atoms with Gasteiger partial charge in [-0.05, 0) is 25.3 Å². The van der Waals surface area contributed by atoms with Crippen molar-refractivity contribution in [3.63, 3.8) is 0 Å². The number of hydrogen-bond donors (Lipinski definition) is 1. The molecule has 1 aliphatic heterocycles. The summed E-state index contributed by atoms with van der Waals surface area (Å²) in [6.45, 7) is 3.69. The summed E-state index contributed by atoms with van der Waals surface area (Å²) in [5, 5.41) is 9.40. The molecule has 1 aliphatic rings. The number of carbonyl (C=O) groups excluding carboxylic acids is 1. The van der Waals surface area contributed by atoms with E-state index < -0.39 is 5.60 Å². The van der Waals surface area contributed by atoms with Crippen LogP contribution in [0.5, 0.6) is 0 Å². The van der Waals surface area contributed by atoms with Gasteiger partial charge in [-0.2, -0.15) is 0 Å². The monoisotopic (exact) mass is 307 g/mol. The van der Waals surface area contributed by atoms with Gasteiger partial charge in [0.1, 0.15) is 5.71 Å². The number of nitrogens with one attached hydrogen (secondary N) is 1. The molecule has 0 bridgehead atoms. The Morgan fingerprint density at radius 2 is 2.40 bits per heavy atom. The van der Waals surface area contributed by atoms with Crippen molar-refractivity contribution < 1.29 is 9.63 Å². The van der Waals surface area contributed by atoms with Crippen molar-refractivity contribution in [2.45, 2.75) is 25.9 Å². The molecule has 0 unspecified atom stereocenters. The molecule has 0 fully saturated rings. The zero-order valence-corrected chi connectivity index (χ0v) is 12.7. The van der Waals surface area contributed by atoms with Crippen LogP contribution in [0.1, 0.15) is 23.1 Å². The van der Waals surface area contributed by atoms with Crippen LogP contribution in [0.25, 0.3) is 0 Å². The van der Waals surface area contributed by atoms with Gasteiger partial charge >= 0.3 is 0 Å². The summed E-state index contributed by atoms with van der Waals surface area (Å²) in [6, 6.07) is 3.93. The van der Waals surface area contributed by atoms with E-state index in [1.165, 1.54) is 11.3 Å². The lowest BCUT2D eigenvalue weighted by Crippen LogP contribution is -2.40. The maximum Gasteiger partial charge on any atom is 0.273 e. The number of thiazole rings is 1. The minimum atomic E-state index is -0.973. The Balaban J connectivity index is 1.70. The van der Waals surface area contributed by atoms with Gasteiger partial charge in [0, 0.05) is 17.5 Å². The van der Waals surface area contributed by atoms with E-state index in [4.69, 9.17) is 4.84 Å². The van der Waals surface area contributed by atoms with Crippen LogP contribution >= 0.6 is 22.7 Å². The zero-order valence-electron chi connectivity index (χ0n) is 11.0. The van der Waals surface area contributed by atoms with E-state index in [9.17, 15) is 4.79 Å². The second-order valence-electron chi connectivity index (χ2n) is 4.74. The molecule has 2 aromatic heterocycles. The molecule has 2 aromatic rings. The van der Waals surface area contributed by atoms with Crippen molar-refractivity contribution in [2.75, 3.05) is 5.32 Å². The van der Waals surface area contributed by atoms with Gasteiger partial charge < -0.3 is 4.84 Å². The van der Waals surface area contributed by atoms with E-state index in [0.29, 0.717) is 11.6 Å². The summed E-state index contributed by atoms with van der Waals surface area (Å²) >= 11 is 3.03. The molecular weight excluding hydrogens is 294 g/mol. The number of oxime groups is 1. The molecule has 3 rings (SSSR count). The number of nitrogens with zero attached hydrogens (tertiary/aromatic N) is 2. The highest BCUT2D eigenvalue weighted by molar-refractivity contribution is 7.15. The summed E-state index contributed by atoms with van der Waals surface area (Å²) < 4.78 is 0. The van der Waals surface area contributed by atoms with Crippen LogP contribution in [0.4, 0.5) is 5.13 Å². The van der Waals surface area contributed by atoms with E-state index in [1.54, 1.807) is 24.5 Å². The van der Waals surface area contributed by atoms with Crippen LogP contribution in [-0.4, -0.2) is 22.2 Å². The van der Waals surface area contributed by atoms with Crippen LogP contribution in [0.3, 0.4) is 0 Å². The molecule has 0 saturated heterocycles. The first-order valence-electron chi connectivity index (χ1n) is 6.10. The molecule has 0 aromatic carbocycles. The lowest BCUT2D eigenvalue weighted by Gasteiger charge is -2.19. The number of rotatable bonds is 3. The Labute approximate surface area is 124 Å². The highest BCUT2D eigenvalue weighted by Gasteiger charge is 2.42. The number of thiophene rings is 1. The van der Waals surface area contributed by atoms with Crippen molar-refractivity contribution in [2.24, 2.45) is 5.16 Å². The Morgan fingerprint density at radius 1 is 1.55 bits per heavy atom. The minimum absolute atomic E-state index is 0.220. The SMILES string of the molecule is Cc1cnc(NC(=O)[C@@]2(C)CC(c3cccs3)=NO2)s1. The molecule has 7 heteroatoms. The van der Waals surface area contributed by atoms with E-state index >= 15 is 0 Å². The van der Waals surface area contributed by atoms with Crippen LogP contribution < -0.4 is 5.32 Å². The Morgan fingerprint density at radius 3 is 3.05 bits per heavy atom. The number of aryl methyl sites for hydroxylation is 1. The molecule has 104 valence electrons. The molecule has 1 atom stereocenters. The van der Waals surface area contributed by atoms with Crippen molar-refractivity contribution >= 4 is 39.4 Å². The van der Waals surface area contributed by atoms with Gasteiger partial charge in [0.25, 0.3) is 5.91 Å². The third-order valence-electron chi connectivity index (χ3n) is 2.99.